The number of aromatic nitrogens is 3. The Morgan fingerprint density at radius 1 is 1.15 bits per heavy atom. The number of anilines is 2. The first kappa shape index (κ1) is 23.7. The number of hydrogen-bond donors (Lipinski definition) is 2. The molecule has 4 aromatic rings. The summed E-state index contributed by atoms with van der Waals surface area (Å²) in [4.78, 5) is 34.1. The summed E-state index contributed by atoms with van der Waals surface area (Å²) < 4.78 is 21.4. The van der Waals surface area contributed by atoms with Gasteiger partial charge in [-0.2, -0.15) is 0 Å². The number of rotatable bonds is 4. The van der Waals surface area contributed by atoms with Gasteiger partial charge in [0.05, 0.1) is 23.8 Å². The molecule has 3 heterocycles. The van der Waals surface area contributed by atoms with Crippen molar-refractivity contribution in [3.63, 3.8) is 0 Å². The summed E-state index contributed by atoms with van der Waals surface area (Å²) in [6.45, 7) is 2.18. The highest BCUT2D eigenvalue weighted by molar-refractivity contribution is 6.33. The Labute approximate surface area is 204 Å². The van der Waals surface area contributed by atoms with Gasteiger partial charge >= 0.3 is 0 Å². The molecule has 1 amide bonds. The maximum absolute atomic E-state index is 14.6. The van der Waals surface area contributed by atoms with E-state index in [9.17, 15) is 14.0 Å². The van der Waals surface area contributed by atoms with Crippen molar-refractivity contribution in [1.82, 2.24) is 19.3 Å². The molecule has 8 nitrogen and oxygen atoms in total. The van der Waals surface area contributed by atoms with Gasteiger partial charge in [-0.15, -0.1) is 12.4 Å². The number of amides is 1. The maximum atomic E-state index is 14.6. The van der Waals surface area contributed by atoms with Crippen molar-refractivity contribution in [2.24, 2.45) is 0 Å². The molecule has 11 heteroatoms. The average molecular weight is 504 g/mol. The van der Waals surface area contributed by atoms with E-state index < -0.39 is 11.4 Å². The van der Waals surface area contributed by atoms with Crippen molar-refractivity contribution >= 4 is 46.9 Å². The number of nitrogens with one attached hydrogen (secondary N) is 2. The highest BCUT2D eigenvalue weighted by Crippen LogP contribution is 2.32. The van der Waals surface area contributed by atoms with Gasteiger partial charge in [-0.05, 0) is 36.4 Å². The van der Waals surface area contributed by atoms with E-state index in [-0.39, 0.29) is 46.1 Å². The molecule has 0 spiro atoms. The number of hydrogen-bond acceptors (Lipinski definition) is 5. The van der Waals surface area contributed by atoms with Crippen LogP contribution in [-0.2, 0) is 4.74 Å². The molecule has 0 bridgehead atoms. The van der Waals surface area contributed by atoms with E-state index in [0.717, 1.165) is 0 Å². The van der Waals surface area contributed by atoms with Crippen LogP contribution in [0.5, 0.6) is 0 Å². The quantitative estimate of drug-likeness (QED) is 0.437. The molecule has 0 atom stereocenters. The van der Waals surface area contributed by atoms with Crippen molar-refractivity contribution in [3.8, 4) is 11.4 Å². The molecule has 1 saturated heterocycles. The number of ether oxygens (including phenoxy) is 1. The molecule has 5 rings (SSSR count). The predicted molar refractivity (Wildman–Crippen MR) is 130 cm³/mol. The zero-order valence-corrected chi connectivity index (χ0v) is 19.3. The summed E-state index contributed by atoms with van der Waals surface area (Å²) >= 11 is 6.24. The Balaban J connectivity index is 0.00000274. The van der Waals surface area contributed by atoms with Crippen LogP contribution in [0.3, 0.4) is 0 Å². The zero-order chi connectivity index (χ0) is 22.9. The lowest BCUT2D eigenvalue weighted by Crippen LogP contribution is -2.40. The number of carbonyl (C=O) groups is 1. The third kappa shape index (κ3) is 4.37. The van der Waals surface area contributed by atoms with Crippen LogP contribution in [0.15, 0.2) is 59.7 Å². The number of morpholine rings is 1. The van der Waals surface area contributed by atoms with Crippen LogP contribution in [-0.4, -0.2) is 51.5 Å². The fraction of sp³-hybridized carbons (Fsp3) is 0.174. The fourth-order valence-electron chi connectivity index (χ4n) is 3.81. The molecule has 0 unspecified atom stereocenters. The number of H-pyrrole nitrogens is 1. The van der Waals surface area contributed by atoms with E-state index in [1.54, 1.807) is 41.4 Å². The summed E-state index contributed by atoms with van der Waals surface area (Å²) in [5, 5.41) is 3.28. The van der Waals surface area contributed by atoms with Gasteiger partial charge in [0.2, 0.25) is 0 Å². The van der Waals surface area contributed by atoms with Gasteiger partial charge in [-0.1, -0.05) is 17.7 Å². The van der Waals surface area contributed by atoms with Gasteiger partial charge < -0.3 is 19.9 Å². The Hall–Kier alpha value is -3.40. The molecule has 1 fully saturated rings. The van der Waals surface area contributed by atoms with Gasteiger partial charge in [0.25, 0.3) is 11.5 Å². The van der Waals surface area contributed by atoms with Crippen molar-refractivity contribution < 1.29 is 13.9 Å². The molecule has 0 saturated carbocycles. The predicted octanol–water partition coefficient (Wildman–Crippen LogP) is 4.12. The summed E-state index contributed by atoms with van der Waals surface area (Å²) in [6, 6.07) is 11.2. The van der Waals surface area contributed by atoms with Gasteiger partial charge in [-0.25, -0.2) is 9.37 Å². The molecule has 0 aliphatic carbocycles. The molecule has 2 N–H and O–H groups in total. The smallest absolute Gasteiger partial charge is 0.276 e. The van der Waals surface area contributed by atoms with E-state index >= 15 is 0 Å². The molecule has 2 aromatic carbocycles. The zero-order valence-electron chi connectivity index (χ0n) is 17.8. The molecule has 2 aromatic heterocycles. The van der Waals surface area contributed by atoms with E-state index in [0.29, 0.717) is 37.6 Å². The minimum atomic E-state index is -0.549. The number of imidazole rings is 1. The van der Waals surface area contributed by atoms with Crippen LogP contribution in [0.1, 0.15) is 10.4 Å². The molecule has 1 aliphatic rings. The largest absolute Gasteiger partial charge is 0.378 e. The average Bonchev–Trinajstić information content (AvgIpc) is 3.19. The summed E-state index contributed by atoms with van der Waals surface area (Å²) in [5.41, 5.74) is 1.07. The van der Waals surface area contributed by atoms with Gasteiger partial charge in [0.1, 0.15) is 5.82 Å². The van der Waals surface area contributed by atoms with Crippen LogP contribution in [0.4, 0.5) is 15.9 Å². The maximum Gasteiger partial charge on any atom is 0.276 e. The third-order valence-electron chi connectivity index (χ3n) is 5.44. The van der Waals surface area contributed by atoms with Gasteiger partial charge in [-0.3, -0.25) is 14.0 Å². The highest BCUT2D eigenvalue weighted by atomic mass is 35.5. The molecular formula is C23H20Cl2FN5O3. The molecule has 1 aliphatic heterocycles. The fourth-order valence-corrected chi connectivity index (χ4v) is 4.05. The standard InChI is InChI=1S/C23H19ClFN5O3.ClH/c24-16-2-1-3-17(25)18(16)21-28-20(19-22(31)26-8-9-30(19)21)27-15-6-4-14(5-7-15)23(32)29-10-12-33-13-11-29;/h1-9,27H,10-13H2,(H,26,31);1H. The topological polar surface area (TPSA) is 91.7 Å². The summed E-state index contributed by atoms with van der Waals surface area (Å²) in [7, 11) is 0. The monoisotopic (exact) mass is 503 g/mol. The highest BCUT2D eigenvalue weighted by Gasteiger charge is 2.21. The van der Waals surface area contributed by atoms with Crippen LogP contribution in [0, 0.1) is 5.82 Å². The van der Waals surface area contributed by atoms with E-state index in [1.807, 2.05) is 0 Å². The Kier molecular flexibility index (Phi) is 6.87. The SMILES string of the molecule is Cl.O=C(c1ccc(Nc2nc(-c3c(F)cccc3Cl)n3cc[nH]c(=O)c23)cc1)N1CCOCC1. The first-order valence-electron chi connectivity index (χ1n) is 10.3. The van der Waals surface area contributed by atoms with E-state index in [1.165, 1.54) is 22.7 Å². The minimum absolute atomic E-state index is 0. The lowest BCUT2D eigenvalue weighted by Gasteiger charge is -2.26. The lowest BCUT2D eigenvalue weighted by molar-refractivity contribution is 0.0303. The van der Waals surface area contributed by atoms with Crippen LogP contribution < -0.4 is 10.9 Å². The second-order valence-electron chi connectivity index (χ2n) is 7.50. The van der Waals surface area contributed by atoms with Crippen molar-refractivity contribution in [3.05, 3.63) is 81.6 Å². The van der Waals surface area contributed by atoms with E-state index in [2.05, 4.69) is 15.3 Å². The van der Waals surface area contributed by atoms with Crippen LogP contribution in [0.25, 0.3) is 16.9 Å². The van der Waals surface area contributed by atoms with Crippen LogP contribution >= 0.6 is 24.0 Å². The van der Waals surface area contributed by atoms with Crippen molar-refractivity contribution in [2.45, 2.75) is 0 Å². The van der Waals surface area contributed by atoms with Crippen LogP contribution in [0.2, 0.25) is 5.02 Å². The Morgan fingerprint density at radius 3 is 2.59 bits per heavy atom. The van der Waals surface area contributed by atoms with Crippen molar-refractivity contribution in [2.75, 3.05) is 31.6 Å². The summed E-state index contributed by atoms with van der Waals surface area (Å²) in [5.74, 6) is -0.184. The molecule has 34 heavy (non-hydrogen) atoms. The number of benzene rings is 2. The Bertz CT molecular complexity index is 1380. The lowest BCUT2D eigenvalue weighted by atomic mass is 10.1. The molecular weight excluding hydrogens is 484 g/mol. The summed E-state index contributed by atoms with van der Waals surface area (Å²) in [6.07, 6.45) is 3.03. The number of carbonyl (C=O) groups excluding carboxylic acids is 1. The number of fused-ring (bicyclic) bond motifs is 1. The molecule has 0 radical (unpaired) electrons. The second-order valence-corrected chi connectivity index (χ2v) is 7.90. The molecule has 176 valence electrons. The third-order valence-corrected chi connectivity index (χ3v) is 5.76. The number of nitrogens with zero attached hydrogens (tertiary/aromatic N) is 3. The normalized spacial score (nSPS) is 13.5. The number of aromatic amines is 1. The number of halogens is 3. The first-order valence-corrected chi connectivity index (χ1v) is 10.7. The van der Waals surface area contributed by atoms with Gasteiger partial charge in [0.15, 0.2) is 17.2 Å². The minimum Gasteiger partial charge on any atom is -0.378 e. The second kappa shape index (κ2) is 9.84. The first-order chi connectivity index (χ1) is 16.0. The van der Waals surface area contributed by atoms with Gasteiger partial charge in [0, 0.05) is 36.7 Å². The van der Waals surface area contributed by atoms with E-state index in [4.69, 9.17) is 16.3 Å². The van der Waals surface area contributed by atoms with Crippen molar-refractivity contribution in [1.29, 1.82) is 0 Å². The Morgan fingerprint density at radius 2 is 1.88 bits per heavy atom.